The van der Waals surface area contributed by atoms with Gasteiger partial charge in [-0.15, -0.1) is 0 Å². The van der Waals surface area contributed by atoms with Crippen LogP contribution in [0.2, 0.25) is 18.1 Å². The summed E-state index contributed by atoms with van der Waals surface area (Å²) in [7, 11) is 6.04. The number of aromatic nitrogens is 1. The molecule has 0 spiro atoms. The van der Waals surface area contributed by atoms with E-state index in [9.17, 15) is 9.90 Å². The molecule has 3 rings (SSSR count). The Hall–Kier alpha value is -3.21. The lowest BCUT2D eigenvalue weighted by molar-refractivity contribution is 0.0472. The second-order valence-corrected chi connectivity index (χ2v) is 17.1. The third kappa shape index (κ3) is 7.13. The Balaban J connectivity index is 2.10. The second kappa shape index (κ2) is 14.0. The predicted molar refractivity (Wildman–Crippen MR) is 173 cm³/mol. The molecule has 0 aliphatic rings. The van der Waals surface area contributed by atoms with Gasteiger partial charge >= 0.3 is 0 Å². The van der Waals surface area contributed by atoms with Crippen molar-refractivity contribution in [3.63, 3.8) is 0 Å². The molecule has 0 saturated heterocycles. The van der Waals surface area contributed by atoms with Crippen molar-refractivity contribution < 1.29 is 33.2 Å². The van der Waals surface area contributed by atoms with Crippen LogP contribution in [0.15, 0.2) is 23.0 Å². The summed E-state index contributed by atoms with van der Waals surface area (Å²) in [6, 6.07) is 5.51. The first-order chi connectivity index (χ1) is 20.3. The SMILES string of the molecule is CCCc1cc2c(OC)c(CCc3cc(OC)c(CO[Si](C)(C)C(C)(C)C)c(OCOC)c3OC)cc(O)c2c(=O)n1C. The molecule has 1 N–H and O–H groups in total. The van der Waals surface area contributed by atoms with Crippen molar-refractivity contribution in [1.82, 2.24) is 4.57 Å². The number of ether oxygens (including phenoxy) is 5. The summed E-state index contributed by atoms with van der Waals surface area (Å²) in [5, 5.41) is 11.9. The highest BCUT2D eigenvalue weighted by Crippen LogP contribution is 2.45. The topological polar surface area (TPSA) is 97.6 Å². The Morgan fingerprint density at radius 3 is 2.05 bits per heavy atom. The van der Waals surface area contributed by atoms with Gasteiger partial charge in [-0.3, -0.25) is 4.79 Å². The van der Waals surface area contributed by atoms with Crippen molar-refractivity contribution >= 4 is 19.1 Å². The molecule has 43 heavy (non-hydrogen) atoms. The Bertz CT molecular complexity index is 1490. The number of phenols is 1. The van der Waals surface area contributed by atoms with Gasteiger partial charge in [0.1, 0.15) is 17.2 Å². The highest BCUT2D eigenvalue weighted by molar-refractivity contribution is 6.74. The fraction of sp³-hybridized carbons (Fsp3) is 0.545. The molecule has 238 valence electrons. The van der Waals surface area contributed by atoms with Crippen molar-refractivity contribution in [2.45, 2.75) is 78.1 Å². The largest absolute Gasteiger partial charge is 0.507 e. The van der Waals surface area contributed by atoms with Gasteiger partial charge < -0.3 is 37.8 Å². The van der Waals surface area contributed by atoms with Crippen LogP contribution in [0.3, 0.4) is 0 Å². The zero-order valence-corrected chi connectivity index (χ0v) is 28.7. The highest BCUT2D eigenvalue weighted by Gasteiger charge is 2.38. The molecule has 0 fully saturated rings. The summed E-state index contributed by atoms with van der Waals surface area (Å²) < 4.78 is 37.1. The van der Waals surface area contributed by atoms with Crippen LogP contribution in [0.1, 0.15) is 56.5 Å². The van der Waals surface area contributed by atoms with Gasteiger partial charge in [-0.25, -0.2) is 0 Å². The van der Waals surface area contributed by atoms with Crippen LogP contribution in [0.5, 0.6) is 28.7 Å². The smallest absolute Gasteiger partial charge is 0.262 e. The van der Waals surface area contributed by atoms with E-state index in [1.807, 2.05) is 12.1 Å². The summed E-state index contributed by atoms with van der Waals surface area (Å²) in [6.45, 7) is 13.4. The number of methoxy groups -OCH3 is 4. The number of nitrogens with zero attached hydrogens (tertiary/aromatic N) is 1. The number of rotatable bonds is 14. The minimum atomic E-state index is -2.08. The van der Waals surface area contributed by atoms with Crippen LogP contribution < -0.4 is 24.5 Å². The Labute approximate surface area is 256 Å². The molecule has 1 aromatic heterocycles. The van der Waals surface area contributed by atoms with E-state index in [0.717, 1.165) is 35.2 Å². The van der Waals surface area contributed by atoms with Gasteiger partial charge in [0, 0.05) is 30.8 Å². The molecule has 2 aromatic carbocycles. The van der Waals surface area contributed by atoms with Crippen LogP contribution in [0.4, 0.5) is 0 Å². The third-order valence-electron chi connectivity index (χ3n) is 8.51. The first-order valence-electron chi connectivity index (χ1n) is 14.7. The number of hydrogen-bond acceptors (Lipinski definition) is 8. The number of pyridine rings is 1. The van der Waals surface area contributed by atoms with Crippen molar-refractivity contribution in [3.05, 3.63) is 50.9 Å². The second-order valence-electron chi connectivity index (χ2n) is 12.3. The molecular weight excluding hydrogens is 566 g/mol. The van der Waals surface area contributed by atoms with Gasteiger partial charge in [0.05, 0.1) is 38.9 Å². The van der Waals surface area contributed by atoms with Gasteiger partial charge in [0.15, 0.2) is 26.6 Å². The Morgan fingerprint density at radius 2 is 1.51 bits per heavy atom. The molecule has 0 unspecified atom stereocenters. The van der Waals surface area contributed by atoms with E-state index in [0.29, 0.717) is 47.8 Å². The maximum atomic E-state index is 13.2. The third-order valence-corrected chi connectivity index (χ3v) is 13.0. The first-order valence-corrected chi connectivity index (χ1v) is 17.6. The predicted octanol–water partition coefficient (Wildman–Crippen LogP) is 6.51. The zero-order chi connectivity index (χ0) is 32.1. The van der Waals surface area contributed by atoms with Gasteiger partial charge in [0.25, 0.3) is 5.56 Å². The standard InChI is InChI=1S/C33H49NO8Si/c1-12-13-23-18-24-28(32(36)34(23)5)26(35)16-21(29(24)39-8)14-15-22-17-27(38-7)25(19-42-43(10,11)33(2,3)4)31(30(22)40-9)41-20-37-6/h16-18,35H,12-15,19-20H2,1-11H3. The van der Waals surface area contributed by atoms with E-state index < -0.39 is 8.32 Å². The van der Waals surface area contributed by atoms with Crippen molar-refractivity contribution in [2.24, 2.45) is 7.05 Å². The fourth-order valence-corrected chi connectivity index (χ4v) is 5.96. The quantitative estimate of drug-likeness (QED) is 0.162. The van der Waals surface area contributed by atoms with Gasteiger partial charge in [-0.1, -0.05) is 34.1 Å². The van der Waals surface area contributed by atoms with Crippen molar-refractivity contribution in [2.75, 3.05) is 35.2 Å². The van der Waals surface area contributed by atoms with E-state index in [2.05, 4.69) is 40.8 Å². The van der Waals surface area contributed by atoms with Gasteiger partial charge in [-0.2, -0.15) is 0 Å². The molecular formula is C33H49NO8Si. The van der Waals surface area contributed by atoms with E-state index in [1.54, 1.807) is 46.1 Å². The van der Waals surface area contributed by atoms with E-state index in [-0.39, 0.29) is 28.5 Å². The molecule has 3 aromatic rings. The van der Waals surface area contributed by atoms with E-state index in [1.165, 1.54) is 0 Å². The lowest BCUT2D eigenvalue weighted by Gasteiger charge is -2.36. The number of aromatic hydroxyl groups is 1. The van der Waals surface area contributed by atoms with Crippen molar-refractivity contribution in [3.8, 4) is 28.7 Å². The summed E-state index contributed by atoms with van der Waals surface area (Å²) >= 11 is 0. The number of fused-ring (bicyclic) bond motifs is 1. The maximum Gasteiger partial charge on any atom is 0.262 e. The monoisotopic (exact) mass is 615 g/mol. The highest BCUT2D eigenvalue weighted by atomic mass is 28.4. The Kier molecular flexibility index (Phi) is 11.2. The fourth-order valence-electron chi connectivity index (χ4n) is 5.02. The number of aryl methyl sites for hydroxylation is 3. The van der Waals surface area contributed by atoms with Crippen LogP contribution in [0, 0.1) is 0 Å². The average Bonchev–Trinajstić information content (AvgIpc) is 2.95. The molecule has 0 aliphatic carbocycles. The summed E-state index contributed by atoms with van der Waals surface area (Å²) in [5.74, 6) is 2.21. The van der Waals surface area contributed by atoms with Crippen molar-refractivity contribution in [1.29, 1.82) is 0 Å². The summed E-state index contributed by atoms with van der Waals surface area (Å²) in [6.07, 6.45) is 2.63. The molecule has 10 heteroatoms. The molecule has 1 heterocycles. The minimum absolute atomic E-state index is 0.0253. The average molecular weight is 616 g/mol. The molecule has 0 atom stereocenters. The molecule has 0 amide bonds. The molecule has 9 nitrogen and oxygen atoms in total. The minimum Gasteiger partial charge on any atom is -0.507 e. The van der Waals surface area contributed by atoms with E-state index >= 15 is 0 Å². The Morgan fingerprint density at radius 1 is 0.884 bits per heavy atom. The molecule has 0 aliphatic heterocycles. The van der Waals surface area contributed by atoms with Crippen LogP contribution >= 0.6 is 0 Å². The number of phenolic OH excluding ortho intramolecular Hbond substituents is 1. The van der Waals surface area contributed by atoms with Gasteiger partial charge in [0.2, 0.25) is 0 Å². The number of benzene rings is 2. The molecule has 0 saturated carbocycles. The molecule has 0 bridgehead atoms. The summed E-state index contributed by atoms with van der Waals surface area (Å²) in [5.41, 5.74) is 3.01. The first kappa shape index (κ1) is 34.3. The van der Waals surface area contributed by atoms with E-state index in [4.69, 9.17) is 28.1 Å². The van der Waals surface area contributed by atoms with Crippen LogP contribution in [-0.2, 0) is 42.1 Å². The van der Waals surface area contributed by atoms with Crippen LogP contribution in [-0.4, -0.2) is 53.2 Å². The lowest BCUT2D eigenvalue weighted by atomic mass is 9.97. The summed E-state index contributed by atoms with van der Waals surface area (Å²) in [4.78, 5) is 13.2. The lowest BCUT2D eigenvalue weighted by Crippen LogP contribution is -2.40. The maximum absolute atomic E-state index is 13.2. The normalized spacial score (nSPS) is 12.1. The molecule has 0 radical (unpaired) electrons. The van der Waals surface area contributed by atoms with Gasteiger partial charge in [-0.05, 0) is 61.2 Å². The number of hydrogen-bond donors (Lipinski definition) is 1. The zero-order valence-electron chi connectivity index (χ0n) is 27.7. The van der Waals surface area contributed by atoms with Crippen LogP contribution in [0.25, 0.3) is 10.8 Å².